The van der Waals surface area contributed by atoms with Crippen molar-refractivity contribution in [2.24, 2.45) is 0 Å². The first-order valence-corrected chi connectivity index (χ1v) is 6.46. The zero-order valence-electron chi connectivity index (χ0n) is 10.8. The summed E-state index contributed by atoms with van der Waals surface area (Å²) >= 11 is 0. The Morgan fingerprint density at radius 1 is 1.45 bits per heavy atom. The average molecular weight is 275 g/mol. The molecule has 5 nitrogen and oxygen atoms in total. The molecule has 0 atom stereocenters. The van der Waals surface area contributed by atoms with E-state index in [1.807, 2.05) is 0 Å². The van der Waals surface area contributed by atoms with E-state index in [0.717, 1.165) is 13.0 Å². The van der Waals surface area contributed by atoms with E-state index in [9.17, 15) is 9.18 Å². The molecule has 1 aliphatic heterocycles. The second kappa shape index (κ2) is 5.32. The molecule has 1 N–H and O–H groups in total. The van der Waals surface area contributed by atoms with Gasteiger partial charge in [0.1, 0.15) is 11.4 Å². The van der Waals surface area contributed by atoms with Gasteiger partial charge in [0.15, 0.2) is 0 Å². The van der Waals surface area contributed by atoms with Gasteiger partial charge in [-0.05, 0) is 6.07 Å². The molecule has 0 saturated carbocycles. The van der Waals surface area contributed by atoms with Crippen LogP contribution in [0.3, 0.4) is 0 Å². The molecule has 0 unspecified atom stereocenters. The molecule has 20 heavy (non-hydrogen) atoms. The highest BCUT2D eigenvalue weighted by Crippen LogP contribution is 2.22. The van der Waals surface area contributed by atoms with E-state index in [4.69, 9.17) is 4.74 Å². The number of rotatable bonds is 3. The van der Waals surface area contributed by atoms with Crippen molar-refractivity contribution in [3.8, 4) is 5.88 Å². The van der Waals surface area contributed by atoms with E-state index in [1.54, 1.807) is 22.9 Å². The smallest absolute Gasteiger partial charge is 0.258 e. The summed E-state index contributed by atoms with van der Waals surface area (Å²) in [6.07, 6.45) is 2.36. The lowest BCUT2D eigenvalue weighted by Crippen LogP contribution is -2.24. The Bertz CT molecular complexity index is 639. The lowest BCUT2D eigenvalue weighted by atomic mass is 10.2. The van der Waals surface area contributed by atoms with Crippen molar-refractivity contribution in [2.75, 3.05) is 6.61 Å². The molecule has 104 valence electrons. The number of amides is 1. The Hall–Kier alpha value is -2.37. The predicted molar refractivity (Wildman–Crippen MR) is 69.9 cm³/mol. The number of hydrogen-bond acceptors (Lipinski definition) is 3. The van der Waals surface area contributed by atoms with E-state index >= 15 is 0 Å². The fourth-order valence-corrected chi connectivity index (χ4v) is 2.14. The van der Waals surface area contributed by atoms with Gasteiger partial charge in [0.2, 0.25) is 5.88 Å². The van der Waals surface area contributed by atoms with Crippen LogP contribution in [-0.4, -0.2) is 22.3 Å². The minimum Gasteiger partial charge on any atom is -0.477 e. The Morgan fingerprint density at radius 2 is 2.30 bits per heavy atom. The molecule has 0 spiro atoms. The highest BCUT2D eigenvalue weighted by molar-refractivity contribution is 5.96. The number of carbonyl (C=O) groups is 1. The van der Waals surface area contributed by atoms with Gasteiger partial charge in [-0.1, -0.05) is 18.2 Å². The summed E-state index contributed by atoms with van der Waals surface area (Å²) < 4.78 is 20.6. The maximum Gasteiger partial charge on any atom is 0.258 e. The highest BCUT2D eigenvalue weighted by Gasteiger charge is 2.21. The lowest BCUT2D eigenvalue weighted by Gasteiger charge is -2.15. The minimum absolute atomic E-state index is 0.135. The molecule has 1 aromatic heterocycles. The summed E-state index contributed by atoms with van der Waals surface area (Å²) in [5, 5.41) is 6.79. The van der Waals surface area contributed by atoms with Crippen LogP contribution in [0, 0.1) is 5.82 Å². The molecule has 2 heterocycles. The van der Waals surface area contributed by atoms with E-state index in [1.165, 1.54) is 12.3 Å². The number of nitrogens with one attached hydrogen (secondary N) is 1. The number of carbonyl (C=O) groups excluding carboxylic acids is 1. The third-order valence-corrected chi connectivity index (χ3v) is 3.19. The molecule has 1 aliphatic rings. The summed E-state index contributed by atoms with van der Waals surface area (Å²) in [5.41, 5.74) is 0.837. The summed E-state index contributed by atoms with van der Waals surface area (Å²) in [4.78, 5) is 12.1. The number of aromatic nitrogens is 2. The van der Waals surface area contributed by atoms with Crippen molar-refractivity contribution in [2.45, 2.75) is 19.5 Å². The van der Waals surface area contributed by atoms with Gasteiger partial charge in [-0.3, -0.25) is 4.79 Å². The number of ether oxygens (including phenoxy) is 1. The van der Waals surface area contributed by atoms with E-state index < -0.39 is 0 Å². The zero-order chi connectivity index (χ0) is 13.9. The normalized spacial score (nSPS) is 13.4. The Morgan fingerprint density at radius 3 is 3.15 bits per heavy atom. The monoisotopic (exact) mass is 275 g/mol. The van der Waals surface area contributed by atoms with Crippen molar-refractivity contribution in [1.29, 1.82) is 0 Å². The molecule has 0 fully saturated rings. The lowest BCUT2D eigenvalue weighted by molar-refractivity contribution is 0.0944. The summed E-state index contributed by atoms with van der Waals surface area (Å²) in [7, 11) is 0. The number of nitrogens with zero attached hydrogens (tertiary/aromatic N) is 2. The standard InChI is InChI=1S/C14H14FN3O2/c15-12-5-2-1-4-10(12)8-16-13(19)11-9-17-18-6-3-7-20-14(11)18/h1-2,4-5,9H,3,6-8H2,(H,16,19). The van der Waals surface area contributed by atoms with Gasteiger partial charge in [0.25, 0.3) is 5.91 Å². The predicted octanol–water partition coefficient (Wildman–Crippen LogP) is 1.73. The summed E-state index contributed by atoms with van der Waals surface area (Å²) in [5.74, 6) is -0.153. The van der Waals surface area contributed by atoms with Crippen molar-refractivity contribution in [1.82, 2.24) is 15.1 Å². The molecule has 0 bridgehead atoms. The van der Waals surface area contributed by atoms with Crippen molar-refractivity contribution >= 4 is 5.91 Å². The Balaban J connectivity index is 1.71. The Kier molecular flexibility index (Phi) is 3.37. The average Bonchev–Trinajstić information content (AvgIpc) is 2.90. The highest BCUT2D eigenvalue weighted by atomic mass is 19.1. The van der Waals surface area contributed by atoms with Crippen molar-refractivity contribution in [3.05, 3.63) is 47.4 Å². The first kappa shape index (κ1) is 12.7. The van der Waals surface area contributed by atoms with Crippen LogP contribution in [0.4, 0.5) is 4.39 Å². The summed E-state index contributed by atoms with van der Waals surface area (Å²) in [6, 6.07) is 6.35. The van der Waals surface area contributed by atoms with E-state index in [0.29, 0.717) is 23.6 Å². The second-order valence-corrected chi connectivity index (χ2v) is 4.56. The molecule has 0 aliphatic carbocycles. The largest absolute Gasteiger partial charge is 0.477 e. The number of fused-ring (bicyclic) bond motifs is 1. The second-order valence-electron chi connectivity index (χ2n) is 4.56. The third-order valence-electron chi connectivity index (χ3n) is 3.19. The van der Waals surface area contributed by atoms with Crippen LogP contribution in [0.25, 0.3) is 0 Å². The maximum absolute atomic E-state index is 13.5. The van der Waals surface area contributed by atoms with Gasteiger partial charge in [-0.2, -0.15) is 5.10 Å². The van der Waals surface area contributed by atoms with Gasteiger partial charge in [0.05, 0.1) is 12.8 Å². The molecule has 1 aromatic carbocycles. The van der Waals surface area contributed by atoms with Gasteiger partial charge in [-0.15, -0.1) is 0 Å². The topological polar surface area (TPSA) is 56.2 Å². The first-order valence-electron chi connectivity index (χ1n) is 6.46. The third kappa shape index (κ3) is 2.36. The number of aryl methyl sites for hydroxylation is 1. The van der Waals surface area contributed by atoms with Crippen LogP contribution in [0.15, 0.2) is 30.5 Å². The SMILES string of the molecule is O=C(NCc1ccccc1F)c1cnn2c1OCCC2. The Labute approximate surface area is 115 Å². The van der Waals surface area contributed by atoms with Crippen molar-refractivity contribution in [3.63, 3.8) is 0 Å². The van der Waals surface area contributed by atoms with E-state index in [-0.39, 0.29) is 18.3 Å². The molecular formula is C14H14FN3O2. The molecule has 2 aromatic rings. The van der Waals surface area contributed by atoms with Crippen LogP contribution in [-0.2, 0) is 13.1 Å². The van der Waals surface area contributed by atoms with Crippen LogP contribution >= 0.6 is 0 Å². The van der Waals surface area contributed by atoms with Gasteiger partial charge < -0.3 is 10.1 Å². The maximum atomic E-state index is 13.5. The fraction of sp³-hybridized carbons (Fsp3) is 0.286. The summed E-state index contributed by atoms with van der Waals surface area (Å²) in [6.45, 7) is 1.46. The van der Waals surface area contributed by atoms with Gasteiger partial charge in [-0.25, -0.2) is 9.07 Å². The van der Waals surface area contributed by atoms with Crippen molar-refractivity contribution < 1.29 is 13.9 Å². The number of hydrogen-bond donors (Lipinski definition) is 1. The molecule has 0 radical (unpaired) electrons. The fourth-order valence-electron chi connectivity index (χ4n) is 2.14. The first-order chi connectivity index (χ1) is 9.75. The molecule has 1 amide bonds. The van der Waals surface area contributed by atoms with Crippen LogP contribution in [0.2, 0.25) is 0 Å². The van der Waals surface area contributed by atoms with Crippen LogP contribution in [0.1, 0.15) is 22.3 Å². The number of halogens is 1. The quantitative estimate of drug-likeness (QED) is 0.928. The minimum atomic E-state index is -0.332. The molecular weight excluding hydrogens is 261 g/mol. The van der Waals surface area contributed by atoms with E-state index in [2.05, 4.69) is 10.4 Å². The van der Waals surface area contributed by atoms with Gasteiger partial charge in [0, 0.05) is 25.1 Å². The zero-order valence-corrected chi connectivity index (χ0v) is 10.8. The van der Waals surface area contributed by atoms with Gasteiger partial charge >= 0.3 is 0 Å². The number of benzene rings is 1. The van der Waals surface area contributed by atoms with Crippen LogP contribution < -0.4 is 10.1 Å². The van der Waals surface area contributed by atoms with Crippen LogP contribution in [0.5, 0.6) is 5.88 Å². The molecule has 3 rings (SSSR count). The molecule has 6 heteroatoms. The molecule has 0 saturated heterocycles.